The Balaban J connectivity index is 1.50. The number of benzene rings is 1. The van der Waals surface area contributed by atoms with Gasteiger partial charge in [-0.25, -0.2) is 9.37 Å². The van der Waals surface area contributed by atoms with Crippen LogP contribution in [0.4, 0.5) is 16.0 Å². The first kappa shape index (κ1) is 20.6. The first-order chi connectivity index (χ1) is 16.0. The molecule has 8 nitrogen and oxygen atoms in total. The number of carbonyl (C=O) groups excluding carboxylic acids is 1. The molecule has 1 aliphatic rings. The maximum Gasteiger partial charge on any atom is 0.241 e. The summed E-state index contributed by atoms with van der Waals surface area (Å²) in [5.74, 6) is 0.641. The van der Waals surface area contributed by atoms with Crippen molar-refractivity contribution in [1.82, 2.24) is 25.1 Å². The third-order valence-electron chi connectivity index (χ3n) is 5.80. The molecular weight excluding hydrogens is 421 g/mol. The standard InChI is InChI=1S/C24H20FN7O/c1-14-15(2-4-26)10-27-11-19(14)16-6-17-8-22(29-12-20(17)21(25)7-16)30-23-9-18-3-5-28-24(33)13-32(18)31-23/h6-12H,2-3,5,13H2,1H3,(H,28,33)(H,29,30,31). The highest BCUT2D eigenvalue weighted by molar-refractivity contribution is 5.89. The van der Waals surface area contributed by atoms with Gasteiger partial charge in [-0.05, 0) is 47.2 Å². The van der Waals surface area contributed by atoms with E-state index in [0.29, 0.717) is 40.9 Å². The van der Waals surface area contributed by atoms with Gasteiger partial charge in [0.15, 0.2) is 5.82 Å². The van der Waals surface area contributed by atoms with Crippen LogP contribution in [0, 0.1) is 24.1 Å². The van der Waals surface area contributed by atoms with Gasteiger partial charge in [0.25, 0.3) is 0 Å². The molecule has 0 saturated heterocycles. The summed E-state index contributed by atoms with van der Waals surface area (Å²) in [6, 6.07) is 9.15. The van der Waals surface area contributed by atoms with Crippen molar-refractivity contribution >= 4 is 28.3 Å². The number of pyridine rings is 2. The molecule has 0 saturated carbocycles. The lowest BCUT2D eigenvalue weighted by atomic mass is 9.96. The minimum absolute atomic E-state index is 0.0705. The first-order valence-electron chi connectivity index (χ1n) is 10.5. The van der Waals surface area contributed by atoms with Crippen LogP contribution >= 0.6 is 0 Å². The second kappa shape index (κ2) is 8.31. The quantitative estimate of drug-likeness (QED) is 0.502. The number of hydrogen-bond donors (Lipinski definition) is 2. The topological polar surface area (TPSA) is 109 Å². The molecule has 0 bridgehead atoms. The average molecular weight is 441 g/mol. The maximum absolute atomic E-state index is 14.9. The van der Waals surface area contributed by atoms with Gasteiger partial charge in [-0.3, -0.25) is 14.5 Å². The molecule has 4 heterocycles. The second-order valence-corrected chi connectivity index (χ2v) is 7.96. The van der Waals surface area contributed by atoms with E-state index in [2.05, 4.69) is 31.8 Å². The lowest BCUT2D eigenvalue weighted by Gasteiger charge is -2.11. The Labute approximate surface area is 189 Å². The Morgan fingerprint density at radius 1 is 1.21 bits per heavy atom. The molecule has 1 aliphatic heterocycles. The normalized spacial score (nSPS) is 13.2. The summed E-state index contributed by atoms with van der Waals surface area (Å²) in [5.41, 5.74) is 4.14. The van der Waals surface area contributed by atoms with Crippen LogP contribution in [-0.4, -0.2) is 32.2 Å². The van der Waals surface area contributed by atoms with Crippen molar-refractivity contribution in [3.05, 3.63) is 65.5 Å². The number of nitriles is 1. The Morgan fingerprint density at radius 2 is 2.09 bits per heavy atom. The average Bonchev–Trinajstić information content (AvgIpc) is 3.06. The molecule has 1 aromatic carbocycles. The van der Waals surface area contributed by atoms with Crippen LogP contribution in [0.3, 0.4) is 0 Å². The Morgan fingerprint density at radius 3 is 2.94 bits per heavy atom. The summed E-state index contributed by atoms with van der Waals surface area (Å²) in [6.45, 7) is 2.66. The van der Waals surface area contributed by atoms with Crippen LogP contribution in [-0.2, 0) is 24.2 Å². The Hall–Kier alpha value is -4.32. The molecular formula is C24H20FN7O. The largest absolute Gasteiger partial charge is 0.354 e. The van der Waals surface area contributed by atoms with Crippen molar-refractivity contribution < 1.29 is 9.18 Å². The monoisotopic (exact) mass is 441 g/mol. The minimum Gasteiger partial charge on any atom is -0.354 e. The van der Waals surface area contributed by atoms with Crippen LogP contribution < -0.4 is 10.6 Å². The zero-order chi connectivity index (χ0) is 22.9. The van der Waals surface area contributed by atoms with Gasteiger partial charge in [-0.1, -0.05) is 0 Å². The van der Waals surface area contributed by atoms with E-state index in [0.717, 1.165) is 22.4 Å². The van der Waals surface area contributed by atoms with Gasteiger partial charge >= 0.3 is 0 Å². The van der Waals surface area contributed by atoms with Gasteiger partial charge in [0.1, 0.15) is 18.2 Å². The second-order valence-electron chi connectivity index (χ2n) is 7.96. The van der Waals surface area contributed by atoms with Gasteiger partial charge in [0, 0.05) is 54.3 Å². The highest BCUT2D eigenvalue weighted by atomic mass is 19.1. The molecule has 5 rings (SSSR count). The van der Waals surface area contributed by atoms with Gasteiger partial charge in [-0.15, -0.1) is 0 Å². The smallest absolute Gasteiger partial charge is 0.241 e. The number of amides is 1. The van der Waals surface area contributed by atoms with Crippen molar-refractivity contribution in [1.29, 1.82) is 5.26 Å². The number of halogens is 1. The highest BCUT2D eigenvalue weighted by Crippen LogP contribution is 2.31. The van der Waals surface area contributed by atoms with Gasteiger partial charge < -0.3 is 10.6 Å². The summed E-state index contributed by atoms with van der Waals surface area (Å²) in [5, 5.41) is 20.6. The molecule has 1 amide bonds. The van der Waals surface area contributed by atoms with E-state index in [1.54, 1.807) is 23.1 Å². The van der Waals surface area contributed by atoms with Crippen molar-refractivity contribution in [3.8, 4) is 17.2 Å². The predicted molar refractivity (Wildman–Crippen MR) is 121 cm³/mol. The first-order valence-corrected chi connectivity index (χ1v) is 10.5. The van der Waals surface area contributed by atoms with Crippen LogP contribution in [0.15, 0.2) is 42.9 Å². The molecule has 0 spiro atoms. The highest BCUT2D eigenvalue weighted by Gasteiger charge is 2.16. The van der Waals surface area contributed by atoms with E-state index >= 15 is 0 Å². The summed E-state index contributed by atoms with van der Waals surface area (Å²) >= 11 is 0. The van der Waals surface area contributed by atoms with E-state index in [9.17, 15) is 9.18 Å². The molecule has 2 N–H and O–H groups in total. The minimum atomic E-state index is -0.383. The number of nitrogens with one attached hydrogen (secondary N) is 2. The molecule has 164 valence electrons. The summed E-state index contributed by atoms with van der Waals surface area (Å²) < 4.78 is 16.6. The lowest BCUT2D eigenvalue weighted by Crippen LogP contribution is -2.25. The number of anilines is 2. The molecule has 9 heteroatoms. The van der Waals surface area contributed by atoms with E-state index in [1.807, 2.05) is 19.1 Å². The summed E-state index contributed by atoms with van der Waals surface area (Å²) in [6.07, 6.45) is 5.78. The Kier molecular flexibility index (Phi) is 5.18. The van der Waals surface area contributed by atoms with E-state index in [1.165, 1.54) is 12.3 Å². The van der Waals surface area contributed by atoms with Crippen LogP contribution in [0.25, 0.3) is 21.9 Å². The molecule has 0 fully saturated rings. The van der Waals surface area contributed by atoms with Crippen molar-refractivity contribution in [2.75, 3.05) is 11.9 Å². The zero-order valence-electron chi connectivity index (χ0n) is 17.9. The summed E-state index contributed by atoms with van der Waals surface area (Å²) in [4.78, 5) is 20.3. The van der Waals surface area contributed by atoms with Gasteiger partial charge in [0.05, 0.1) is 12.5 Å². The van der Waals surface area contributed by atoms with Crippen molar-refractivity contribution in [3.63, 3.8) is 0 Å². The third-order valence-corrected chi connectivity index (χ3v) is 5.80. The zero-order valence-corrected chi connectivity index (χ0v) is 17.9. The SMILES string of the molecule is Cc1c(CC#N)cncc1-c1cc(F)c2cnc(Nc3cc4n(n3)CC(=O)NCC4)cc2c1. The number of hydrogen-bond acceptors (Lipinski definition) is 6. The number of carbonyl (C=O) groups is 1. The van der Waals surface area contributed by atoms with E-state index < -0.39 is 0 Å². The number of nitrogens with zero attached hydrogens (tertiary/aromatic N) is 5. The van der Waals surface area contributed by atoms with Crippen LogP contribution in [0.2, 0.25) is 0 Å². The molecule has 0 atom stereocenters. The lowest BCUT2D eigenvalue weighted by molar-refractivity contribution is -0.121. The van der Waals surface area contributed by atoms with E-state index in [-0.39, 0.29) is 24.7 Å². The third kappa shape index (κ3) is 3.99. The van der Waals surface area contributed by atoms with Crippen molar-refractivity contribution in [2.45, 2.75) is 26.3 Å². The molecule has 33 heavy (non-hydrogen) atoms. The summed E-state index contributed by atoms with van der Waals surface area (Å²) in [7, 11) is 0. The van der Waals surface area contributed by atoms with E-state index in [4.69, 9.17) is 5.26 Å². The number of aromatic nitrogens is 4. The predicted octanol–water partition coefficient (Wildman–Crippen LogP) is 3.42. The van der Waals surface area contributed by atoms with Crippen LogP contribution in [0.1, 0.15) is 16.8 Å². The molecule has 0 radical (unpaired) electrons. The number of fused-ring (bicyclic) bond motifs is 2. The maximum atomic E-state index is 14.9. The fourth-order valence-corrected chi connectivity index (χ4v) is 4.07. The molecule has 0 aliphatic carbocycles. The fraction of sp³-hybridized carbons (Fsp3) is 0.208. The fourth-order valence-electron chi connectivity index (χ4n) is 4.07. The number of rotatable bonds is 4. The Bertz CT molecular complexity index is 1440. The van der Waals surface area contributed by atoms with Gasteiger partial charge in [-0.2, -0.15) is 10.4 Å². The van der Waals surface area contributed by atoms with Crippen molar-refractivity contribution in [2.24, 2.45) is 0 Å². The molecule has 0 unspecified atom stereocenters. The van der Waals surface area contributed by atoms with Gasteiger partial charge in [0.2, 0.25) is 5.91 Å². The molecule has 4 aromatic rings. The van der Waals surface area contributed by atoms with Crippen LogP contribution in [0.5, 0.6) is 0 Å². The molecule has 3 aromatic heterocycles.